The molecule has 3 aromatic rings. The minimum atomic E-state index is -0.145. The molecule has 0 bridgehead atoms. The van der Waals surface area contributed by atoms with E-state index in [2.05, 4.69) is 42.1 Å². The lowest BCUT2D eigenvalue weighted by molar-refractivity contribution is 0.0949. The van der Waals surface area contributed by atoms with Gasteiger partial charge in [0.1, 0.15) is 19.0 Å². The largest absolute Gasteiger partial charge is 0.486 e. The number of carbonyl (C=O) groups excluding carboxylic acids is 1. The van der Waals surface area contributed by atoms with Crippen molar-refractivity contribution in [1.82, 2.24) is 30.0 Å². The fourth-order valence-electron chi connectivity index (χ4n) is 3.92. The van der Waals surface area contributed by atoms with E-state index in [0.717, 1.165) is 55.7 Å². The summed E-state index contributed by atoms with van der Waals surface area (Å²) in [6.07, 6.45) is 4.03. The molecule has 1 amide bonds. The van der Waals surface area contributed by atoms with Gasteiger partial charge in [-0.2, -0.15) is 0 Å². The molecule has 0 unspecified atom stereocenters. The summed E-state index contributed by atoms with van der Waals surface area (Å²) in [7, 11) is 0. The molecule has 2 aliphatic heterocycles. The van der Waals surface area contributed by atoms with Crippen molar-refractivity contribution in [3.63, 3.8) is 0 Å². The van der Waals surface area contributed by atoms with E-state index in [9.17, 15) is 4.79 Å². The van der Waals surface area contributed by atoms with Gasteiger partial charge in [-0.1, -0.05) is 6.07 Å². The lowest BCUT2D eigenvalue weighted by Crippen LogP contribution is -2.28. The Morgan fingerprint density at radius 3 is 2.71 bits per heavy atom. The first-order valence-electron chi connectivity index (χ1n) is 10.5. The van der Waals surface area contributed by atoms with Crippen molar-refractivity contribution in [2.45, 2.75) is 26.1 Å². The Morgan fingerprint density at radius 2 is 1.84 bits per heavy atom. The third-order valence-electron chi connectivity index (χ3n) is 5.56. The molecule has 0 saturated heterocycles. The Hall–Kier alpha value is -3.46. The first-order chi connectivity index (χ1) is 15.3. The predicted molar refractivity (Wildman–Crippen MR) is 112 cm³/mol. The van der Waals surface area contributed by atoms with Crippen molar-refractivity contribution in [2.75, 3.05) is 26.3 Å². The molecule has 4 heterocycles. The number of fused-ring (bicyclic) bond motifs is 2. The van der Waals surface area contributed by atoms with Crippen LogP contribution in [0.3, 0.4) is 0 Å². The average Bonchev–Trinajstić information content (AvgIpc) is 3.10. The van der Waals surface area contributed by atoms with Gasteiger partial charge in [0.25, 0.3) is 5.91 Å². The van der Waals surface area contributed by atoms with Crippen LogP contribution >= 0.6 is 0 Å². The van der Waals surface area contributed by atoms with Crippen LogP contribution in [0.15, 0.2) is 42.7 Å². The maximum atomic E-state index is 12.3. The molecule has 2 aromatic heterocycles. The van der Waals surface area contributed by atoms with Gasteiger partial charge in [0.05, 0.1) is 6.54 Å². The van der Waals surface area contributed by atoms with Gasteiger partial charge in [-0.15, -0.1) is 10.2 Å². The molecule has 160 valence electrons. The Balaban J connectivity index is 1.20. The van der Waals surface area contributed by atoms with Crippen molar-refractivity contribution in [2.24, 2.45) is 0 Å². The third kappa shape index (κ3) is 4.36. The summed E-state index contributed by atoms with van der Waals surface area (Å²) in [6.45, 7) is 4.94. The van der Waals surface area contributed by atoms with E-state index in [1.54, 1.807) is 24.5 Å². The molecule has 0 saturated carbocycles. The zero-order chi connectivity index (χ0) is 21.0. The molecule has 9 nitrogen and oxygen atoms in total. The second-order valence-corrected chi connectivity index (χ2v) is 7.61. The number of nitrogens with one attached hydrogen (secondary N) is 1. The molecule has 0 fully saturated rings. The Morgan fingerprint density at radius 1 is 1.00 bits per heavy atom. The number of amides is 1. The fourth-order valence-corrected chi connectivity index (χ4v) is 3.92. The zero-order valence-electron chi connectivity index (χ0n) is 17.2. The second kappa shape index (κ2) is 8.73. The number of benzene rings is 1. The number of rotatable bonds is 5. The fraction of sp³-hybridized carbons (Fsp3) is 0.364. The van der Waals surface area contributed by atoms with Crippen molar-refractivity contribution in [1.29, 1.82) is 0 Å². The van der Waals surface area contributed by atoms with E-state index in [1.807, 2.05) is 6.07 Å². The van der Waals surface area contributed by atoms with Crippen LogP contribution in [0.2, 0.25) is 0 Å². The predicted octanol–water partition coefficient (Wildman–Crippen LogP) is 1.43. The zero-order valence-corrected chi connectivity index (χ0v) is 17.2. The van der Waals surface area contributed by atoms with Crippen molar-refractivity contribution in [3.8, 4) is 11.5 Å². The maximum absolute atomic E-state index is 12.3. The standard InChI is InChI=1S/C22H24N6O3/c29-22(17-3-6-23-7-4-17)24-14-21-26-25-20-5-8-27(9-10-28(20)21)15-16-1-2-18-19(13-16)31-12-11-30-18/h1-4,6-7,13H,5,8-12,14-15H2,(H,24,29). The Labute approximate surface area is 180 Å². The van der Waals surface area contributed by atoms with E-state index >= 15 is 0 Å². The summed E-state index contributed by atoms with van der Waals surface area (Å²) in [6, 6.07) is 9.53. The highest BCUT2D eigenvalue weighted by Crippen LogP contribution is 2.31. The van der Waals surface area contributed by atoms with E-state index in [0.29, 0.717) is 25.3 Å². The summed E-state index contributed by atoms with van der Waals surface area (Å²) >= 11 is 0. The van der Waals surface area contributed by atoms with Crippen LogP contribution < -0.4 is 14.8 Å². The molecule has 1 aromatic carbocycles. The number of carbonyl (C=O) groups is 1. The third-order valence-corrected chi connectivity index (χ3v) is 5.56. The van der Waals surface area contributed by atoms with Gasteiger partial charge < -0.3 is 19.4 Å². The highest BCUT2D eigenvalue weighted by Gasteiger charge is 2.20. The van der Waals surface area contributed by atoms with Crippen LogP contribution in [0.5, 0.6) is 11.5 Å². The summed E-state index contributed by atoms with van der Waals surface area (Å²) in [5.41, 5.74) is 1.78. The lowest BCUT2D eigenvalue weighted by atomic mass is 10.1. The van der Waals surface area contributed by atoms with Crippen LogP contribution in [-0.4, -0.2) is 56.9 Å². The Bertz CT molecular complexity index is 1070. The molecule has 9 heteroatoms. The minimum Gasteiger partial charge on any atom is -0.486 e. The quantitative estimate of drug-likeness (QED) is 0.667. The first-order valence-corrected chi connectivity index (χ1v) is 10.5. The van der Waals surface area contributed by atoms with E-state index in [-0.39, 0.29) is 5.91 Å². The molecule has 1 N–H and O–H groups in total. The molecule has 5 rings (SSSR count). The van der Waals surface area contributed by atoms with Crippen LogP contribution in [-0.2, 0) is 26.1 Å². The number of hydrogen-bond acceptors (Lipinski definition) is 7. The molecule has 0 spiro atoms. The van der Waals surface area contributed by atoms with Crippen molar-refractivity contribution in [3.05, 3.63) is 65.5 Å². The topological polar surface area (TPSA) is 94.4 Å². The van der Waals surface area contributed by atoms with E-state index in [4.69, 9.17) is 9.47 Å². The van der Waals surface area contributed by atoms with Gasteiger partial charge in [0, 0.05) is 50.6 Å². The first kappa shape index (κ1) is 19.5. The van der Waals surface area contributed by atoms with Crippen molar-refractivity contribution < 1.29 is 14.3 Å². The smallest absolute Gasteiger partial charge is 0.251 e. The number of ether oxygens (including phenoxy) is 2. The molecule has 2 aliphatic rings. The normalized spacial score (nSPS) is 15.7. The van der Waals surface area contributed by atoms with Gasteiger partial charge >= 0.3 is 0 Å². The summed E-state index contributed by atoms with van der Waals surface area (Å²) in [5, 5.41) is 11.6. The lowest BCUT2D eigenvalue weighted by Gasteiger charge is -2.22. The summed E-state index contributed by atoms with van der Waals surface area (Å²) < 4.78 is 13.4. The Kier molecular flexibility index (Phi) is 5.49. The number of nitrogens with zero attached hydrogens (tertiary/aromatic N) is 5. The van der Waals surface area contributed by atoms with Crippen LogP contribution in [0.25, 0.3) is 0 Å². The number of hydrogen-bond donors (Lipinski definition) is 1. The van der Waals surface area contributed by atoms with E-state index in [1.165, 1.54) is 5.56 Å². The van der Waals surface area contributed by atoms with E-state index < -0.39 is 0 Å². The van der Waals surface area contributed by atoms with Crippen molar-refractivity contribution >= 4 is 5.91 Å². The highest BCUT2D eigenvalue weighted by molar-refractivity contribution is 5.93. The second-order valence-electron chi connectivity index (χ2n) is 7.61. The minimum absolute atomic E-state index is 0.145. The highest BCUT2D eigenvalue weighted by atomic mass is 16.6. The molecule has 31 heavy (non-hydrogen) atoms. The number of pyridine rings is 1. The monoisotopic (exact) mass is 420 g/mol. The average molecular weight is 420 g/mol. The number of aromatic nitrogens is 4. The van der Waals surface area contributed by atoms with Gasteiger partial charge in [0.2, 0.25) is 0 Å². The van der Waals surface area contributed by atoms with Gasteiger partial charge in [-0.05, 0) is 29.8 Å². The molecule has 0 radical (unpaired) electrons. The maximum Gasteiger partial charge on any atom is 0.251 e. The molecule has 0 atom stereocenters. The molecular formula is C22H24N6O3. The summed E-state index contributed by atoms with van der Waals surface area (Å²) in [5.74, 6) is 3.23. The van der Waals surface area contributed by atoms with Gasteiger partial charge in [0.15, 0.2) is 17.3 Å². The molecule has 0 aliphatic carbocycles. The summed E-state index contributed by atoms with van der Waals surface area (Å²) in [4.78, 5) is 18.7. The van der Waals surface area contributed by atoms with Gasteiger partial charge in [-0.25, -0.2) is 0 Å². The van der Waals surface area contributed by atoms with Gasteiger partial charge in [-0.3, -0.25) is 14.7 Å². The van der Waals surface area contributed by atoms with Crippen LogP contribution in [0.4, 0.5) is 0 Å². The SMILES string of the molecule is O=C(NCc1nnc2n1CCN(Cc1ccc3c(c1)OCCO3)CC2)c1ccncc1. The van der Waals surface area contributed by atoms with Crippen LogP contribution in [0.1, 0.15) is 27.6 Å². The molecular weight excluding hydrogens is 396 g/mol. The van der Waals surface area contributed by atoms with Crippen LogP contribution in [0, 0.1) is 0 Å².